The Balaban J connectivity index is 1.19. The molecule has 3 fully saturated rings. The van der Waals surface area contributed by atoms with Crippen LogP contribution in [0.5, 0.6) is 11.5 Å². The molecule has 9 nitrogen and oxygen atoms in total. The molecule has 1 aliphatic carbocycles. The molecule has 5 rings (SSSR count). The molecule has 3 N–H and O–H groups in total. The molecule has 238 valence electrons. The van der Waals surface area contributed by atoms with E-state index < -0.39 is 17.2 Å². The lowest BCUT2D eigenvalue weighted by Gasteiger charge is -2.52. The summed E-state index contributed by atoms with van der Waals surface area (Å²) < 4.78 is 5.96. The van der Waals surface area contributed by atoms with Gasteiger partial charge in [0.2, 0.25) is 11.8 Å². The van der Waals surface area contributed by atoms with Crippen molar-refractivity contribution < 1.29 is 24.2 Å². The smallest absolute Gasteiger partial charge is 0.251 e. The highest BCUT2D eigenvalue weighted by Gasteiger charge is 2.54. The number of carbonyl (C=O) groups is 3. The van der Waals surface area contributed by atoms with E-state index >= 15 is 0 Å². The maximum absolute atomic E-state index is 13.9. The first-order chi connectivity index (χ1) is 21.2. The molecule has 0 unspecified atom stereocenters. The summed E-state index contributed by atoms with van der Waals surface area (Å²) in [6.45, 7) is 4.92. The Kier molecular flexibility index (Phi) is 10.3. The Morgan fingerprint density at radius 3 is 2.20 bits per heavy atom. The summed E-state index contributed by atoms with van der Waals surface area (Å²) in [5.74, 6) is 1.16. The van der Waals surface area contributed by atoms with Crippen LogP contribution in [-0.4, -0.2) is 76.5 Å². The minimum absolute atomic E-state index is 0.0213. The van der Waals surface area contributed by atoms with Crippen LogP contribution in [0.25, 0.3) is 0 Å². The predicted molar refractivity (Wildman–Crippen MR) is 169 cm³/mol. The van der Waals surface area contributed by atoms with Gasteiger partial charge >= 0.3 is 0 Å². The van der Waals surface area contributed by atoms with E-state index in [1.807, 2.05) is 29.2 Å². The summed E-state index contributed by atoms with van der Waals surface area (Å²) in [5.41, 5.74) is 0.0359. The number of benzene rings is 2. The number of amides is 3. The van der Waals surface area contributed by atoms with Crippen molar-refractivity contribution in [1.82, 2.24) is 20.4 Å². The van der Waals surface area contributed by atoms with Gasteiger partial charge in [-0.2, -0.15) is 0 Å². The van der Waals surface area contributed by atoms with Crippen LogP contribution in [0.4, 0.5) is 0 Å². The van der Waals surface area contributed by atoms with E-state index in [1.165, 1.54) is 0 Å². The van der Waals surface area contributed by atoms with E-state index in [-0.39, 0.29) is 17.7 Å². The number of aliphatic hydroxyl groups is 1. The average molecular weight is 605 g/mol. The van der Waals surface area contributed by atoms with Gasteiger partial charge in [-0.3, -0.25) is 19.3 Å². The summed E-state index contributed by atoms with van der Waals surface area (Å²) in [6.07, 6.45) is 8.89. The molecule has 2 aromatic rings. The van der Waals surface area contributed by atoms with Crippen molar-refractivity contribution in [3.8, 4) is 11.5 Å². The number of unbranched alkanes of at least 4 members (excludes halogenated alkanes) is 2. The van der Waals surface area contributed by atoms with Crippen LogP contribution < -0.4 is 15.4 Å². The third-order valence-electron chi connectivity index (χ3n) is 9.75. The quantitative estimate of drug-likeness (QED) is 0.319. The van der Waals surface area contributed by atoms with Crippen LogP contribution in [0.2, 0.25) is 0 Å². The number of hydrogen-bond acceptors (Lipinski definition) is 6. The standard InChI is InChI=1S/C35H48N4O5/c1-3-4-8-21-39-32(41)30(24-34(43)17-6-5-7-18-34)37-33(42)35(39)19-22-38(23-20-35)25-26-9-13-28(14-10-26)44-29-15-11-27(12-16-29)31(40)36-2/h9-16,30,43H,3-8,17-25H2,1-2H3,(H,36,40)(H,37,42)/t30-/m1/s1. The van der Waals surface area contributed by atoms with Gasteiger partial charge in [0, 0.05) is 45.2 Å². The zero-order valence-corrected chi connectivity index (χ0v) is 26.3. The Bertz CT molecular complexity index is 1280. The van der Waals surface area contributed by atoms with Crippen molar-refractivity contribution in [2.45, 2.75) is 101 Å². The Labute approximate surface area is 261 Å². The summed E-state index contributed by atoms with van der Waals surface area (Å²) >= 11 is 0. The van der Waals surface area contributed by atoms with Crippen molar-refractivity contribution in [1.29, 1.82) is 0 Å². The molecule has 2 heterocycles. The normalized spacial score (nSPS) is 21.6. The highest BCUT2D eigenvalue weighted by molar-refractivity contribution is 6.00. The number of hydrogen-bond donors (Lipinski definition) is 3. The molecule has 1 spiro atoms. The van der Waals surface area contributed by atoms with Crippen LogP contribution in [0.1, 0.15) is 93.5 Å². The van der Waals surface area contributed by atoms with Gasteiger partial charge in [-0.1, -0.05) is 51.2 Å². The second kappa shape index (κ2) is 14.1. The van der Waals surface area contributed by atoms with Crippen LogP contribution in [0.3, 0.4) is 0 Å². The molecule has 9 heteroatoms. The third kappa shape index (κ3) is 7.26. The Hall–Kier alpha value is -3.43. The van der Waals surface area contributed by atoms with Gasteiger partial charge in [0.15, 0.2) is 0 Å². The third-order valence-corrected chi connectivity index (χ3v) is 9.75. The molecule has 0 bridgehead atoms. The molecule has 0 aromatic heterocycles. The van der Waals surface area contributed by atoms with E-state index in [1.54, 1.807) is 31.3 Å². The largest absolute Gasteiger partial charge is 0.457 e. The number of piperazine rings is 1. The van der Waals surface area contributed by atoms with E-state index in [2.05, 4.69) is 22.5 Å². The number of nitrogens with zero attached hydrogens (tertiary/aromatic N) is 2. The molecular weight excluding hydrogens is 556 g/mol. The summed E-state index contributed by atoms with van der Waals surface area (Å²) in [4.78, 5) is 43.7. The van der Waals surface area contributed by atoms with Crippen LogP contribution in [0.15, 0.2) is 48.5 Å². The van der Waals surface area contributed by atoms with E-state index in [9.17, 15) is 19.5 Å². The SMILES string of the molecule is CCCCCN1C(=O)[C@@H](CC2(O)CCCCC2)NC(=O)C12CCN(Cc1ccc(Oc3ccc(C(=O)NC)cc3)cc1)CC2. The van der Waals surface area contributed by atoms with Gasteiger partial charge in [0.05, 0.1) is 5.60 Å². The van der Waals surface area contributed by atoms with Crippen LogP contribution in [0, 0.1) is 0 Å². The number of carbonyl (C=O) groups excluding carboxylic acids is 3. The van der Waals surface area contributed by atoms with Gasteiger partial charge in [-0.25, -0.2) is 0 Å². The number of piperidine rings is 1. The maximum Gasteiger partial charge on any atom is 0.251 e. The van der Waals surface area contributed by atoms with Gasteiger partial charge < -0.3 is 25.4 Å². The lowest BCUT2D eigenvalue weighted by molar-refractivity contribution is -0.163. The fourth-order valence-corrected chi connectivity index (χ4v) is 7.11. The number of nitrogens with one attached hydrogen (secondary N) is 2. The molecule has 2 aliphatic heterocycles. The van der Waals surface area contributed by atoms with Gasteiger partial charge in [0.1, 0.15) is 23.1 Å². The van der Waals surface area contributed by atoms with Crippen molar-refractivity contribution in [2.24, 2.45) is 0 Å². The minimum atomic E-state index is -0.868. The topological polar surface area (TPSA) is 111 Å². The van der Waals surface area contributed by atoms with E-state index in [0.29, 0.717) is 55.7 Å². The molecule has 0 radical (unpaired) electrons. The fourth-order valence-electron chi connectivity index (χ4n) is 7.11. The zero-order chi connectivity index (χ0) is 31.2. The fraction of sp³-hybridized carbons (Fsp3) is 0.571. The number of rotatable bonds is 11. The maximum atomic E-state index is 13.9. The first kappa shape index (κ1) is 32.0. The minimum Gasteiger partial charge on any atom is -0.457 e. The lowest BCUT2D eigenvalue weighted by Crippen LogP contribution is -2.73. The van der Waals surface area contributed by atoms with Gasteiger partial charge in [-0.05, 0) is 74.1 Å². The highest BCUT2D eigenvalue weighted by atomic mass is 16.5. The first-order valence-corrected chi connectivity index (χ1v) is 16.4. The number of ether oxygens (including phenoxy) is 1. The van der Waals surface area contributed by atoms with Crippen LogP contribution >= 0.6 is 0 Å². The molecular formula is C35H48N4O5. The van der Waals surface area contributed by atoms with E-state index in [0.717, 1.165) is 63.7 Å². The second-order valence-corrected chi connectivity index (χ2v) is 12.9. The summed E-state index contributed by atoms with van der Waals surface area (Å²) in [7, 11) is 1.60. The Morgan fingerprint density at radius 2 is 1.59 bits per heavy atom. The van der Waals surface area contributed by atoms with Gasteiger partial charge in [0.25, 0.3) is 5.91 Å². The monoisotopic (exact) mass is 604 g/mol. The zero-order valence-electron chi connectivity index (χ0n) is 26.3. The summed E-state index contributed by atoms with van der Waals surface area (Å²) in [5, 5.41) is 16.9. The average Bonchev–Trinajstić information content (AvgIpc) is 3.03. The first-order valence-electron chi connectivity index (χ1n) is 16.4. The Morgan fingerprint density at radius 1 is 0.955 bits per heavy atom. The van der Waals surface area contributed by atoms with Crippen molar-refractivity contribution in [2.75, 3.05) is 26.7 Å². The van der Waals surface area contributed by atoms with E-state index in [4.69, 9.17) is 4.74 Å². The molecule has 2 saturated heterocycles. The predicted octanol–water partition coefficient (Wildman–Crippen LogP) is 4.78. The molecule has 44 heavy (non-hydrogen) atoms. The van der Waals surface area contributed by atoms with Crippen molar-refractivity contribution in [3.63, 3.8) is 0 Å². The second-order valence-electron chi connectivity index (χ2n) is 12.9. The molecule has 1 saturated carbocycles. The summed E-state index contributed by atoms with van der Waals surface area (Å²) in [6, 6.07) is 14.4. The molecule has 3 amide bonds. The molecule has 3 aliphatic rings. The molecule has 1 atom stereocenters. The number of likely N-dealkylation sites (tertiary alicyclic amines) is 1. The van der Waals surface area contributed by atoms with Gasteiger partial charge in [-0.15, -0.1) is 0 Å². The molecule has 2 aromatic carbocycles. The van der Waals surface area contributed by atoms with Crippen molar-refractivity contribution >= 4 is 17.7 Å². The highest BCUT2D eigenvalue weighted by Crippen LogP contribution is 2.38. The van der Waals surface area contributed by atoms with Crippen molar-refractivity contribution in [3.05, 3.63) is 59.7 Å². The van der Waals surface area contributed by atoms with Crippen LogP contribution in [-0.2, 0) is 16.1 Å². The lowest BCUT2D eigenvalue weighted by atomic mass is 9.77.